The predicted molar refractivity (Wildman–Crippen MR) is 41.4 cm³/mol. The summed E-state index contributed by atoms with van der Waals surface area (Å²) in [6.45, 7) is 0. The van der Waals surface area contributed by atoms with E-state index in [0.29, 0.717) is 6.07 Å². The van der Waals surface area contributed by atoms with Gasteiger partial charge in [-0.15, -0.1) is 0 Å². The Morgan fingerprint density at radius 2 is 2.07 bits per heavy atom. The van der Waals surface area contributed by atoms with Crippen molar-refractivity contribution in [2.75, 3.05) is 0 Å². The van der Waals surface area contributed by atoms with Crippen LogP contribution in [0.5, 0.6) is 0 Å². The lowest BCUT2D eigenvalue weighted by Crippen LogP contribution is -2.14. The summed E-state index contributed by atoms with van der Waals surface area (Å²) in [6.07, 6.45) is -4.81. The standard InChI is InChI=1S/C8H5F3N2O/c9-8(10,11)5-3-6(1-2-12)13-7(14)4-5/h3-4H,1H2,(H,13,14). The minimum Gasteiger partial charge on any atom is -0.325 e. The summed E-state index contributed by atoms with van der Waals surface area (Å²) >= 11 is 0. The zero-order chi connectivity index (χ0) is 10.8. The van der Waals surface area contributed by atoms with Gasteiger partial charge in [-0.1, -0.05) is 0 Å². The molecule has 6 heteroatoms. The van der Waals surface area contributed by atoms with E-state index in [1.807, 2.05) is 0 Å². The van der Waals surface area contributed by atoms with Gasteiger partial charge in [-0.2, -0.15) is 18.4 Å². The maximum Gasteiger partial charge on any atom is 0.416 e. The van der Waals surface area contributed by atoms with Gasteiger partial charge in [0.05, 0.1) is 18.1 Å². The Kier molecular flexibility index (Phi) is 2.60. The normalized spacial score (nSPS) is 11.0. The van der Waals surface area contributed by atoms with Crippen LogP contribution in [-0.4, -0.2) is 4.98 Å². The highest BCUT2D eigenvalue weighted by molar-refractivity contribution is 5.21. The molecule has 0 fully saturated rings. The molecule has 0 aliphatic heterocycles. The highest BCUT2D eigenvalue weighted by Crippen LogP contribution is 2.28. The van der Waals surface area contributed by atoms with E-state index in [-0.39, 0.29) is 12.1 Å². The molecule has 1 N–H and O–H groups in total. The van der Waals surface area contributed by atoms with Crippen molar-refractivity contribution in [3.8, 4) is 6.07 Å². The Balaban J connectivity index is 3.22. The lowest BCUT2D eigenvalue weighted by Gasteiger charge is -2.06. The zero-order valence-electron chi connectivity index (χ0n) is 6.85. The number of rotatable bonds is 1. The molecule has 0 unspecified atom stereocenters. The van der Waals surface area contributed by atoms with E-state index in [1.54, 1.807) is 6.07 Å². The third kappa shape index (κ3) is 2.36. The number of hydrogen-bond donors (Lipinski definition) is 1. The van der Waals surface area contributed by atoms with Gasteiger partial charge in [-0.3, -0.25) is 4.79 Å². The Labute approximate surface area is 76.8 Å². The SMILES string of the molecule is N#CCc1cc(C(F)(F)F)cc(=O)[nH]1. The van der Waals surface area contributed by atoms with Crippen LogP contribution in [0.1, 0.15) is 11.3 Å². The average Bonchev–Trinajstić information content (AvgIpc) is 2.02. The molecule has 0 aromatic carbocycles. The largest absolute Gasteiger partial charge is 0.416 e. The molecule has 0 saturated carbocycles. The Hall–Kier alpha value is -1.77. The second-order valence-electron chi connectivity index (χ2n) is 2.59. The third-order valence-corrected chi connectivity index (χ3v) is 1.50. The maximum absolute atomic E-state index is 12.2. The Morgan fingerprint density at radius 3 is 2.57 bits per heavy atom. The van der Waals surface area contributed by atoms with Gasteiger partial charge >= 0.3 is 6.18 Å². The number of nitrogens with one attached hydrogen (secondary N) is 1. The quantitative estimate of drug-likeness (QED) is 0.749. The predicted octanol–water partition coefficient (Wildman–Crippen LogP) is 1.46. The minimum absolute atomic E-state index is 0.0349. The third-order valence-electron chi connectivity index (χ3n) is 1.50. The monoisotopic (exact) mass is 202 g/mol. The van der Waals surface area contributed by atoms with Crippen LogP contribution < -0.4 is 5.56 Å². The lowest BCUT2D eigenvalue weighted by molar-refractivity contribution is -0.137. The van der Waals surface area contributed by atoms with Crippen molar-refractivity contribution < 1.29 is 13.2 Å². The summed E-state index contributed by atoms with van der Waals surface area (Å²) < 4.78 is 36.5. The molecule has 0 radical (unpaired) electrons. The van der Waals surface area contributed by atoms with Crippen molar-refractivity contribution in [2.45, 2.75) is 12.6 Å². The van der Waals surface area contributed by atoms with E-state index in [2.05, 4.69) is 4.98 Å². The molecule has 0 atom stereocenters. The fourth-order valence-corrected chi connectivity index (χ4v) is 0.945. The van der Waals surface area contributed by atoms with E-state index >= 15 is 0 Å². The van der Waals surface area contributed by atoms with E-state index in [1.165, 1.54) is 0 Å². The van der Waals surface area contributed by atoms with Crippen molar-refractivity contribution in [1.82, 2.24) is 4.98 Å². The van der Waals surface area contributed by atoms with Gasteiger partial charge < -0.3 is 4.98 Å². The number of nitriles is 1. The fourth-order valence-electron chi connectivity index (χ4n) is 0.945. The number of nitrogens with zero attached hydrogens (tertiary/aromatic N) is 1. The number of hydrogen-bond acceptors (Lipinski definition) is 2. The highest BCUT2D eigenvalue weighted by Gasteiger charge is 2.31. The van der Waals surface area contributed by atoms with Gasteiger partial charge in [0.15, 0.2) is 0 Å². The van der Waals surface area contributed by atoms with Crippen LogP contribution in [0.4, 0.5) is 13.2 Å². The van der Waals surface area contributed by atoms with Crippen molar-refractivity contribution >= 4 is 0 Å². The smallest absolute Gasteiger partial charge is 0.325 e. The number of aromatic amines is 1. The zero-order valence-corrected chi connectivity index (χ0v) is 6.85. The molecule has 0 bridgehead atoms. The van der Waals surface area contributed by atoms with Crippen LogP contribution in [0.3, 0.4) is 0 Å². The summed E-state index contributed by atoms with van der Waals surface area (Å²) in [5, 5.41) is 8.25. The van der Waals surface area contributed by atoms with Crippen LogP contribution in [-0.2, 0) is 12.6 Å². The molecule has 1 aromatic rings. The fraction of sp³-hybridized carbons (Fsp3) is 0.250. The van der Waals surface area contributed by atoms with Crippen molar-refractivity contribution in [1.29, 1.82) is 5.26 Å². The molecular formula is C8H5F3N2O. The van der Waals surface area contributed by atoms with Gasteiger partial charge in [0, 0.05) is 11.8 Å². The topological polar surface area (TPSA) is 56.6 Å². The van der Waals surface area contributed by atoms with Crippen molar-refractivity contribution in [2.24, 2.45) is 0 Å². The second-order valence-corrected chi connectivity index (χ2v) is 2.59. The van der Waals surface area contributed by atoms with Crippen LogP contribution in [0, 0.1) is 11.3 Å². The van der Waals surface area contributed by atoms with E-state index in [4.69, 9.17) is 5.26 Å². The second kappa shape index (κ2) is 3.54. The molecule has 1 aromatic heterocycles. The van der Waals surface area contributed by atoms with Gasteiger partial charge in [-0.05, 0) is 6.07 Å². The molecule has 0 saturated heterocycles. The van der Waals surface area contributed by atoms with Crippen LogP contribution in [0.25, 0.3) is 0 Å². The molecular weight excluding hydrogens is 197 g/mol. The van der Waals surface area contributed by atoms with E-state index in [0.717, 1.165) is 6.07 Å². The number of aromatic nitrogens is 1. The number of pyridine rings is 1. The Bertz CT molecular complexity index is 427. The lowest BCUT2D eigenvalue weighted by atomic mass is 10.2. The molecule has 14 heavy (non-hydrogen) atoms. The molecule has 3 nitrogen and oxygen atoms in total. The minimum atomic E-state index is -4.56. The molecule has 1 rings (SSSR count). The summed E-state index contributed by atoms with van der Waals surface area (Å²) in [5.74, 6) is 0. The summed E-state index contributed by atoms with van der Waals surface area (Å²) in [5.41, 5.74) is -1.93. The molecule has 0 spiro atoms. The van der Waals surface area contributed by atoms with Gasteiger partial charge in [-0.25, -0.2) is 0 Å². The highest BCUT2D eigenvalue weighted by atomic mass is 19.4. The average molecular weight is 202 g/mol. The first-order chi connectivity index (χ1) is 6.43. The van der Waals surface area contributed by atoms with Gasteiger partial charge in [0.1, 0.15) is 0 Å². The van der Waals surface area contributed by atoms with Gasteiger partial charge in [0.2, 0.25) is 5.56 Å². The Morgan fingerprint density at radius 1 is 1.43 bits per heavy atom. The van der Waals surface area contributed by atoms with Crippen LogP contribution >= 0.6 is 0 Å². The summed E-state index contributed by atoms with van der Waals surface area (Å²) in [7, 11) is 0. The first-order valence-corrected chi connectivity index (χ1v) is 3.61. The number of alkyl halides is 3. The summed E-state index contributed by atoms with van der Waals surface area (Å²) in [6, 6.07) is 2.87. The van der Waals surface area contributed by atoms with Crippen LogP contribution in [0.15, 0.2) is 16.9 Å². The number of H-pyrrole nitrogens is 1. The summed E-state index contributed by atoms with van der Waals surface area (Å²) in [4.78, 5) is 12.9. The molecule has 0 aliphatic rings. The molecule has 0 aliphatic carbocycles. The first-order valence-electron chi connectivity index (χ1n) is 3.61. The van der Waals surface area contributed by atoms with E-state index < -0.39 is 17.3 Å². The maximum atomic E-state index is 12.2. The number of halogens is 3. The van der Waals surface area contributed by atoms with Crippen LogP contribution in [0.2, 0.25) is 0 Å². The van der Waals surface area contributed by atoms with Gasteiger partial charge in [0.25, 0.3) is 0 Å². The first kappa shape index (κ1) is 10.3. The van der Waals surface area contributed by atoms with Crippen molar-refractivity contribution in [3.05, 3.63) is 33.7 Å². The molecule has 74 valence electrons. The van der Waals surface area contributed by atoms with E-state index in [9.17, 15) is 18.0 Å². The van der Waals surface area contributed by atoms with Crippen molar-refractivity contribution in [3.63, 3.8) is 0 Å². The molecule has 1 heterocycles. The molecule has 0 amide bonds.